The van der Waals surface area contributed by atoms with E-state index in [1.165, 1.54) is 15.9 Å². The van der Waals surface area contributed by atoms with Crippen molar-refractivity contribution in [2.45, 2.75) is 71.8 Å². The second kappa shape index (κ2) is 11.8. The van der Waals surface area contributed by atoms with Gasteiger partial charge in [0.25, 0.3) is 0 Å². The predicted molar refractivity (Wildman–Crippen MR) is 133 cm³/mol. The number of nitrogens with one attached hydrogen (secondary N) is 1. The van der Waals surface area contributed by atoms with Crippen LogP contribution < -0.4 is 5.69 Å². The number of Topliss-reactive ketones (excluding diaryl/α,β-unsaturated/α-hetero) is 1. The number of ketones is 1. The maximum atomic E-state index is 12.5. The number of aromatic nitrogens is 2. The molecule has 2 heterocycles. The second-order valence-electron chi connectivity index (χ2n) is 8.56. The van der Waals surface area contributed by atoms with Crippen LogP contribution >= 0.6 is 11.3 Å². The van der Waals surface area contributed by atoms with E-state index in [9.17, 15) is 19.5 Å². The van der Waals surface area contributed by atoms with E-state index in [4.69, 9.17) is 4.74 Å². The van der Waals surface area contributed by atoms with Gasteiger partial charge in [-0.2, -0.15) is 0 Å². The number of imidazole rings is 1. The first-order valence-electron chi connectivity index (χ1n) is 11.8. The smallest absolute Gasteiger partial charge is 0.348 e. The predicted octanol–water partition coefficient (Wildman–Crippen LogP) is 5.44. The molecule has 0 unspecified atom stereocenters. The Balaban J connectivity index is 1.67. The fraction of sp³-hybridized carbons (Fsp3) is 0.423. The number of nitrogens with zero attached hydrogens (tertiary/aromatic N) is 1. The molecule has 0 saturated heterocycles. The second-order valence-corrected chi connectivity index (χ2v) is 9.73. The zero-order valence-electron chi connectivity index (χ0n) is 19.9. The zero-order valence-corrected chi connectivity index (χ0v) is 20.7. The average Bonchev–Trinajstić information content (AvgIpc) is 3.38. The minimum atomic E-state index is -0.427. The van der Waals surface area contributed by atoms with Gasteiger partial charge in [0.1, 0.15) is 4.88 Å². The fourth-order valence-corrected chi connectivity index (χ4v) is 4.69. The van der Waals surface area contributed by atoms with Gasteiger partial charge in [-0.3, -0.25) is 14.3 Å². The molecule has 2 aromatic heterocycles. The number of hydrogen-bond acceptors (Lipinski definition) is 6. The first-order chi connectivity index (χ1) is 16.3. The highest BCUT2D eigenvalue weighted by Gasteiger charge is 2.17. The Hall–Kier alpha value is -3.13. The number of esters is 1. The number of carbonyl (C=O) groups is 2. The summed E-state index contributed by atoms with van der Waals surface area (Å²) < 4.78 is 6.67. The standard InChI is InChI=1S/C26H32N2O5S/c1-4-5-6-10-22(29)18-11-13-19(14-12-18)28-21(24(30)27-26(28)32)9-7-8-20-15-16-23(34-20)25(31)33-17(2)3/h11-17,30H,4-10H2,1-3H3,(H,27,32). The minimum absolute atomic E-state index is 0.0945. The van der Waals surface area contributed by atoms with Crippen molar-refractivity contribution in [3.8, 4) is 11.6 Å². The molecule has 182 valence electrons. The third-order valence-electron chi connectivity index (χ3n) is 5.47. The number of thiophene rings is 1. The SMILES string of the molecule is CCCCCC(=O)c1ccc(-n2c(CCCc3ccc(C(=O)OC(C)C)s3)c(O)[nH]c2=O)cc1. The Morgan fingerprint density at radius 3 is 2.47 bits per heavy atom. The molecule has 0 aliphatic heterocycles. The Morgan fingerprint density at radius 2 is 1.79 bits per heavy atom. The summed E-state index contributed by atoms with van der Waals surface area (Å²) in [6.07, 6.45) is 5.15. The molecule has 0 radical (unpaired) electrons. The molecule has 0 fully saturated rings. The Labute approximate surface area is 203 Å². The number of unbranched alkanes of at least 4 members (excludes halogenated alkanes) is 2. The first kappa shape index (κ1) is 25.5. The summed E-state index contributed by atoms with van der Waals surface area (Å²) in [6, 6.07) is 10.6. The average molecular weight is 485 g/mol. The van der Waals surface area contributed by atoms with Crippen LogP contribution in [0, 0.1) is 0 Å². The number of aryl methyl sites for hydroxylation is 1. The van der Waals surface area contributed by atoms with Crippen LogP contribution in [0.15, 0.2) is 41.2 Å². The number of aromatic hydroxyl groups is 1. The van der Waals surface area contributed by atoms with Gasteiger partial charge >= 0.3 is 11.7 Å². The first-order valence-corrected chi connectivity index (χ1v) is 12.6. The normalized spacial score (nSPS) is 11.2. The van der Waals surface area contributed by atoms with Crippen LogP contribution in [-0.4, -0.2) is 32.5 Å². The Kier molecular flexibility index (Phi) is 8.87. The number of H-pyrrole nitrogens is 1. The van der Waals surface area contributed by atoms with Crippen LogP contribution in [0.2, 0.25) is 0 Å². The molecular weight excluding hydrogens is 452 g/mol. The number of carbonyl (C=O) groups excluding carboxylic acids is 2. The van der Waals surface area contributed by atoms with E-state index in [0.717, 1.165) is 24.1 Å². The quantitative estimate of drug-likeness (QED) is 0.203. The topological polar surface area (TPSA) is 101 Å². The van der Waals surface area contributed by atoms with Gasteiger partial charge in [0.2, 0.25) is 5.88 Å². The molecule has 0 aliphatic carbocycles. The molecule has 0 saturated carbocycles. The van der Waals surface area contributed by atoms with Crippen molar-refractivity contribution in [1.82, 2.24) is 9.55 Å². The highest BCUT2D eigenvalue weighted by Crippen LogP contribution is 2.23. The molecule has 0 atom stereocenters. The van der Waals surface area contributed by atoms with Crippen LogP contribution in [0.25, 0.3) is 5.69 Å². The molecular formula is C26H32N2O5S. The van der Waals surface area contributed by atoms with Crippen molar-refractivity contribution in [3.05, 3.63) is 67.9 Å². The summed E-state index contributed by atoms with van der Waals surface area (Å²) in [5.41, 5.74) is 1.28. The number of benzene rings is 1. The highest BCUT2D eigenvalue weighted by molar-refractivity contribution is 7.13. The van der Waals surface area contributed by atoms with Crippen molar-refractivity contribution in [2.24, 2.45) is 0 Å². The number of ether oxygens (including phenoxy) is 1. The van der Waals surface area contributed by atoms with Crippen LogP contribution in [-0.2, 0) is 17.6 Å². The Morgan fingerprint density at radius 1 is 1.06 bits per heavy atom. The third kappa shape index (κ3) is 6.47. The van der Waals surface area contributed by atoms with Gasteiger partial charge in [0, 0.05) is 16.9 Å². The Bertz CT molecular complexity index is 1170. The van der Waals surface area contributed by atoms with Crippen molar-refractivity contribution in [1.29, 1.82) is 0 Å². The van der Waals surface area contributed by atoms with Crippen LogP contribution in [0.4, 0.5) is 0 Å². The van der Waals surface area contributed by atoms with Gasteiger partial charge in [-0.25, -0.2) is 9.59 Å². The molecule has 3 rings (SSSR count). The van der Waals surface area contributed by atoms with E-state index in [2.05, 4.69) is 11.9 Å². The number of rotatable bonds is 12. The van der Waals surface area contributed by atoms with E-state index in [-0.39, 0.29) is 23.7 Å². The lowest BCUT2D eigenvalue weighted by Gasteiger charge is -2.09. The number of hydrogen-bond donors (Lipinski definition) is 2. The summed E-state index contributed by atoms with van der Waals surface area (Å²) in [6.45, 7) is 5.73. The lowest BCUT2D eigenvalue weighted by atomic mass is 10.0. The minimum Gasteiger partial charge on any atom is -0.493 e. The highest BCUT2D eigenvalue weighted by atomic mass is 32.1. The summed E-state index contributed by atoms with van der Waals surface area (Å²) >= 11 is 1.39. The zero-order chi connectivity index (χ0) is 24.7. The molecule has 34 heavy (non-hydrogen) atoms. The van der Waals surface area contributed by atoms with E-state index in [1.54, 1.807) is 30.3 Å². The molecule has 3 aromatic rings. The van der Waals surface area contributed by atoms with Gasteiger partial charge in [0.05, 0.1) is 17.5 Å². The molecule has 0 aliphatic rings. The van der Waals surface area contributed by atoms with Crippen LogP contribution in [0.3, 0.4) is 0 Å². The molecule has 2 N–H and O–H groups in total. The van der Waals surface area contributed by atoms with Crippen molar-refractivity contribution < 1.29 is 19.4 Å². The van der Waals surface area contributed by atoms with Crippen LogP contribution in [0.1, 0.15) is 83.5 Å². The summed E-state index contributed by atoms with van der Waals surface area (Å²) in [7, 11) is 0. The van der Waals surface area contributed by atoms with Gasteiger partial charge in [-0.15, -0.1) is 11.3 Å². The van der Waals surface area contributed by atoms with E-state index in [1.807, 2.05) is 19.9 Å². The van der Waals surface area contributed by atoms with Gasteiger partial charge in [-0.1, -0.05) is 19.8 Å². The molecule has 1 aromatic carbocycles. The maximum Gasteiger partial charge on any atom is 0.348 e. The van der Waals surface area contributed by atoms with Crippen molar-refractivity contribution >= 4 is 23.1 Å². The van der Waals surface area contributed by atoms with Crippen molar-refractivity contribution in [3.63, 3.8) is 0 Å². The fourth-order valence-electron chi connectivity index (χ4n) is 3.76. The molecule has 7 nitrogen and oxygen atoms in total. The van der Waals surface area contributed by atoms with Crippen molar-refractivity contribution in [2.75, 3.05) is 0 Å². The van der Waals surface area contributed by atoms with E-state index < -0.39 is 5.69 Å². The van der Waals surface area contributed by atoms with Gasteiger partial charge in [0.15, 0.2) is 5.78 Å². The monoisotopic (exact) mass is 484 g/mol. The summed E-state index contributed by atoms with van der Waals surface area (Å²) in [4.78, 5) is 40.9. The molecule has 0 amide bonds. The van der Waals surface area contributed by atoms with Gasteiger partial charge < -0.3 is 9.84 Å². The van der Waals surface area contributed by atoms with E-state index >= 15 is 0 Å². The van der Waals surface area contributed by atoms with Crippen LogP contribution in [0.5, 0.6) is 5.88 Å². The third-order valence-corrected chi connectivity index (χ3v) is 6.59. The molecule has 0 spiro atoms. The summed E-state index contributed by atoms with van der Waals surface area (Å²) in [5.74, 6) is -0.384. The van der Waals surface area contributed by atoms with E-state index in [0.29, 0.717) is 47.5 Å². The molecule has 8 heteroatoms. The number of aromatic amines is 1. The largest absolute Gasteiger partial charge is 0.493 e. The lowest BCUT2D eigenvalue weighted by molar-refractivity contribution is 0.0383. The maximum absolute atomic E-state index is 12.5. The lowest BCUT2D eigenvalue weighted by Crippen LogP contribution is -2.17. The van der Waals surface area contributed by atoms with Gasteiger partial charge in [-0.05, 0) is 75.9 Å². The summed E-state index contributed by atoms with van der Waals surface area (Å²) in [5, 5.41) is 10.3. The molecule has 0 bridgehead atoms.